The van der Waals surface area contributed by atoms with Crippen molar-refractivity contribution in [2.24, 2.45) is 10.4 Å². The van der Waals surface area contributed by atoms with E-state index < -0.39 is 53.8 Å². The molecule has 0 radical (unpaired) electrons. The number of thiazole rings is 1. The van der Waals surface area contributed by atoms with Crippen molar-refractivity contribution in [2.45, 2.75) is 50.7 Å². The smallest absolute Gasteiger partial charge is 0.338 e. The lowest BCUT2D eigenvalue weighted by molar-refractivity contribution is -0.147. The van der Waals surface area contributed by atoms with Gasteiger partial charge < -0.3 is 15.2 Å². The van der Waals surface area contributed by atoms with Crippen molar-refractivity contribution in [1.82, 2.24) is 20.1 Å². The Morgan fingerprint density at radius 2 is 2.07 bits per heavy atom. The van der Waals surface area contributed by atoms with Crippen molar-refractivity contribution in [1.29, 1.82) is 0 Å². The zero-order valence-corrected chi connectivity index (χ0v) is 24.8. The number of carbonyl (C=O) groups excluding carboxylic acids is 1. The van der Waals surface area contributed by atoms with E-state index in [1.807, 2.05) is 0 Å². The number of aliphatic carboxylic acids is 1. The monoisotopic (exact) mass is 625 g/mol. The summed E-state index contributed by atoms with van der Waals surface area (Å²) in [6.07, 6.45) is 2.25. The van der Waals surface area contributed by atoms with Crippen LogP contribution < -0.4 is 5.32 Å². The maximum atomic E-state index is 15.6. The Labute approximate surface area is 250 Å². The molecule has 1 unspecified atom stereocenters. The Bertz CT molecular complexity index is 1430. The van der Waals surface area contributed by atoms with Crippen LogP contribution in [0.25, 0.3) is 0 Å². The first-order chi connectivity index (χ1) is 19.8. The molecule has 3 atom stereocenters. The molecular formula is C28H31ClF3N5O4S. The van der Waals surface area contributed by atoms with Crippen molar-refractivity contribution >= 4 is 40.7 Å². The molecule has 3 aliphatic heterocycles. The first kappa shape index (κ1) is 30.5. The number of likely N-dealkylation sites (tertiary alicyclic amines) is 2. The van der Waals surface area contributed by atoms with Gasteiger partial charge in [-0.15, -0.1) is 11.3 Å². The molecule has 1 aromatic carbocycles. The molecule has 0 aliphatic carbocycles. The minimum atomic E-state index is -3.08. The number of aliphatic imine (C=N–C) groups is 1. The second-order valence-electron chi connectivity index (χ2n) is 11.3. The van der Waals surface area contributed by atoms with Gasteiger partial charge in [-0.3, -0.25) is 19.6 Å². The number of aromatic nitrogens is 1. The number of carboxylic acids is 1. The summed E-state index contributed by atoms with van der Waals surface area (Å²) in [6.45, 7) is 3.15. The highest BCUT2D eigenvalue weighted by Gasteiger charge is 2.59. The van der Waals surface area contributed by atoms with E-state index >= 15 is 8.78 Å². The van der Waals surface area contributed by atoms with Crippen LogP contribution in [0.15, 0.2) is 46.0 Å². The van der Waals surface area contributed by atoms with Crippen LogP contribution in [0.4, 0.5) is 13.2 Å². The summed E-state index contributed by atoms with van der Waals surface area (Å²) in [4.78, 5) is 37.1. The SMILES string of the molecule is COC(=O)C1=C(CN2CC(F)(F)[C@H]3[C@@H]2CCN3CCC(C)(C)C(=O)O)NC(c2nccs2)=NC1c1cccc(F)c1Cl. The molecule has 0 amide bonds. The fourth-order valence-electron chi connectivity index (χ4n) is 5.88. The quantitative estimate of drug-likeness (QED) is 0.396. The second-order valence-corrected chi connectivity index (χ2v) is 12.6. The molecule has 2 N–H and O–H groups in total. The number of nitrogens with zero attached hydrogens (tertiary/aromatic N) is 4. The molecule has 4 heterocycles. The van der Waals surface area contributed by atoms with E-state index in [1.54, 1.807) is 41.3 Å². The van der Waals surface area contributed by atoms with E-state index in [-0.39, 0.29) is 41.4 Å². The van der Waals surface area contributed by atoms with Crippen LogP contribution in [0.5, 0.6) is 0 Å². The van der Waals surface area contributed by atoms with Gasteiger partial charge in [-0.1, -0.05) is 23.7 Å². The van der Waals surface area contributed by atoms with Gasteiger partial charge in [0.15, 0.2) is 10.8 Å². The van der Waals surface area contributed by atoms with Crippen molar-refractivity contribution in [3.05, 3.63) is 62.5 Å². The van der Waals surface area contributed by atoms with Crippen LogP contribution >= 0.6 is 22.9 Å². The molecular weight excluding hydrogens is 595 g/mol. The number of carboxylic acid groups (broad SMARTS) is 1. The van der Waals surface area contributed by atoms with Gasteiger partial charge in [0.1, 0.15) is 11.9 Å². The Kier molecular flexibility index (Phi) is 8.40. The largest absolute Gasteiger partial charge is 0.481 e. The first-order valence-electron chi connectivity index (χ1n) is 13.4. The standard InChI is InChI=1S/C28H31ClF3N5O4S/c1-27(2,26(39)40)8-11-36-10-7-18-22(36)28(31,32)14-37(18)13-17-19(25(38)41-3)21(15-5-4-6-16(30)20(15)29)35-23(34-17)24-33-9-12-42-24/h4-6,9,12,18,21-22H,7-8,10-11,13-14H2,1-3H3,(H,34,35)(H,39,40)/t18-,21?,22+/m0/s1. The van der Waals surface area contributed by atoms with Crippen molar-refractivity contribution < 1.29 is 32.6 Å². The fourth-order valence-corrected chi connectivity index (χ4v) is 6.70. The molecule has 0 spiro atoms. The number of alkyl halides is 2. The molecule has 9 nitrogen and oxygen atoms in total. The number of esters is 1. The van der Waals surface area contributed by atoms with Crippen LogP contribution in [0.1, 0.15) is 43.3 Å². The number of rotatable bonds is 9. The minimum absolute atomic E-state index is 0.0372. The number of amidine groups is 1. The first-order valence-corrected chi connectivity index (χ1v) is 14.7. The number of fused-ring (bicyclic) bond motifs is 1. The van der Waals surface area contributed by atoms with E-state index in [2.05, 4.69) is 15.3 Å². The summed E-state index contributed by atoms with van der Waals surface area (Å²) in [5.74, 6) is -5.20. The summed E-state index contributed by atoms with van der Waals surface area (Å²) in [5, 5.41) is 14.6. The van der Waals surface area contributed by atoms with Gasteiger partial charge in [0.2, 0.25) is 0 Å². The Balaban J connectivity index is 1.49. The Morgan fingerprint density at radius 3 is 2.74 bits per heavy atom. The zero-order valence-electron chi connectivity index (χ0n) is 23.2. The van der Waals surface area contributed by atoms with E-state index in [1.165, 1.54) is 30.6 Å². The number of nitrogens with one attached hydrogen (secondary N) is 1. The predicted octanol–water partition coefficient (Wildman–Crippen LogP) is 4.35. The highest BCUT2D eigenvalue weighted by molar-refractivity contribution is 7.11. The third-order valence-corrected chi connectivity index (χ3v) is 9.37. The molecule has 2 aromatic rings. The molecule has 14 heteroatoms. The molecule has 3 aliphatic rings. The topological polar surface area (TPSA) is 107 Å². The number of halogens is 4. The highest BCUT2D eigenvalue weighted by Crippen LogP contribution is 2.43. The average molecular weight is 626 g/mol. The van der Waals surface area contributed by atoms with Gasteiger partial charge in [-0.2, -0.15) is 0 Å². The van der Waals surface area contributed by atoms with Gasteiger partial charge in [0.25, 0.3) is 5.92 Å². The average Bonchev–Trinajstić information content (AvgIpc) is 3.67. The van der Waals surface area contributed by atoms with Gasteiger partial charge in [0, 0.05) is 42.0 Å². The highest BCUT2D eigenvalue weighted by atomic mass is 35.5. The van der Waals surface area contributed by atoms with E-state index in [0.717, 1.165) is 0 Å². The minimum Gasteiger partial charge on any atom is -0.481 e. The maximum Gasteiger partial charge on any atom is 0.338 e. The number of carbonyl (C=O) groups is 2. The van der Waals surface area contributed by atoms with E-state index in [9.17, 15) is 19.1 Å². The van der Waals surface area contributed by atoms with E-state index in [0.29, 0.717) is 23.8 Å². The molecule has 5 rings (SSSR count). The summed E-state index contributed by atoms with van der Waals surface area (Å²) < 4.78 is 50.8. The Hall–Kier alpha value is -3.00. The molecule has 0 bridgehead atoms. The lowest BCUT2D eigenvalue weighted by Gasteiger charge is -2.31. The normalized spacial score (nSPS) is 24.4. The number of hydrogen-bond donors (Lipinski definition) is 2. The van der Waals surface area contributed by atoms with Gasteiger partial charge in [-0.05, 0) is 39.3 Å². The molecule has 1 aromatic heterocycles. The summed E-state index contributed by atoms with van der Waals surface area (Å²) in [7, 11) is 1.20. The van der Waals surface area contributed by atoms with Crippen LogP contribution in [-0.2, 0) is 14.3 Å². The lowest BCUT2D eigenvalue weighted by Crippen LogP contribution is -2.46. The number of hydrogen-bond acceptors (Lipinski definition) is 9. The summed E-state index contributed by atoms with van der Waals surface area (Å²) >= 11 is 7.62. The summed E-state index contributed by atoms with van der Waals surface area (Å²) in [5.41, 5.74) is -0.497. The second kappa shape index (κ2) is 11.6. The predicted molar refractivity (Wildman–Crippen MR) is 151 cm³/mol. The fraction of sp³-hybridized carbons (Fsp3) is 0.500. The van der Waals surface area contributed by atoms with Crippen molar-refractivity contribution in [2.75, 3.05) is 33.3 Å². The lowest BCUT2D eigenvalue weighted by atomic mass is 9.89. The third-order valence-electron chi connectivity index (χ3n) is 8.19. The van der Waals surface area contributed by atoms with Crippen LogP contribution in [0, 0.1) is 11.2 Å². The van der Waals surface area contributed by atoms with Crippen molar-refractivity contribution in [3.63, 3.8) is 0 Å². The number of methoxy groups -OCH3 is 1. The molecule has 226 valence electrons. The summed E-state index contributed by atoms with van der Waals surface area (Å²) in [6, 6.07) is 1.48. The molecule has 2 saturated heterocycles. The zero-order chi connectivity index (χ0) is 30.4. The number of ether oxygens (including phenoxy) is 1. The van der Waals surface area contributed by atoms with Gasteiger partial charge in [-0.25, -0.2) is 22.9 Å². The van der Waals surface area contributed by atoms with Crippen LogP contribution in [0.2, 0.25) is 5.02 Å². The molecule has 42 heavy (non-hydrogen) atoms. The molecule has 0 saturated carbocycles. The number of benzene rings is 1. The molecule has 2 fully saturated rings. The van der Waals surface area contributed by atoms with Gasteiger partial charge >= 0.3 is 11.9 Å². The van der Waals surface area contributed by atoms with Crippen molar-refractivity contribution in [3.8, 4) is 0 Å². The van der Waals surface area contributed by atoms with E-state index in [4.69, 9.17) is 16.3 Å². The van der Waals surface area contributed by atoms with Crippen LogP contribution in [0.3, 0.4) is 0 Å². The van der Waals surface area contributed by atoms with Gasteiger partial charge in [0.05, 0.1) is 35.7 Å². The Morgan fingerprint density at radius 1 is 1.31 bits per heavy atom. The maximum absolute atomic E-state index is 15.6. The van der Waals surface area contributed by atoms with Crippen LogP contribution in [-0.4, -0.2) is 89.0 Å². The third kappa shape index (κ3) is 5.67.